The second-order valence-corrected chi connectivity index (χ2v) is 15.0. The maximum atomic E-state index is 12.6. The topological polar surface area (TPSA) is 206 Å². The first-order valence-electron chi connectivity index (χ1n) is 17.7. The van der Waals surface area contributed by atoms with Crippen LogP contribution in [-0.4, -0.2) is 39.9 Å². The van der Waals surface area contributed by atoms with Crippen molar-refractivity contribution in [3.63, 3.8) is 0 Å². The Bertz CT molecular complexity index is 2690. The van der Waals surface area contributed by atoms with E-state index in [4.69, 9.17) is 24.5 Å². The van der Waals surface area contributed by atoms with Crippen molar-refractivity contribution < 1.29 is 52.4 Å². The number of hydrogen-bond donors (Lipinski definition) is 6. The molecule has 290 valence electrons. The molecule has 0 aromatic heterocycles. The van der Waals surface area contributed by atoms with Crippen LogP contribution in [0.5, 0.6) is 40.2 Å². The Hall–Kier alpha value is -7.48. The van der Waals surface area contributed by atoms with E-state index in [1.807, 2.05) is 12.1 Å². The average Bonchev–Trinajstić information content (AvgIpc) is 3.64. The molecule has 0 radical (unpaired) electrons. The highest BCUT2D eigenvalue weighted by atomic mass is 32.2. The molecule has 58 heavy (non-hydrogen) atoms. The fourth-order valence-electron chi connectivity index (χ4n) is 7.32. The largest absolute Gasteiger partial charge is 0.508 e. The quantitative estimate of drug-likeness (QED) is 0.0430. The highest BCUT2D eigenvalue weighted by molar-refractivity contribution is 7.87. The van der Waals surface area contributed by atoms with Crippen LogP contribution in [0.4, 0.5) is 5.69 Å². The molecule has 7 N–H and O–H groups in total. The second-order valence-electron chi connectivity index (χ2n) is 13.5. The summed E-state index contributed by atoms with van der Waals surface area (Å²) in [5.74, 6) is 0.794. The predicted molar refractivity (Wildman–Crippen MR) is 211 cm³/mol. The Morgan fingerprint density at radius 3 is 1.45 bits per heavy atom. The van der Waals surface area contributed by atoms with Crippen molar-refractivity contribution >= 4 is 21.8 Å². The van der Waals surface area contributed by atoms with Gasteiger partial charge in [-0.15, -0.1) is 0 Å². The number of anilines is 1. The molecule has 3 aliphatic rings. The van der Waals surface area contributed by atoms with Gasteiger partial charge in [-0.2, -0.15) is 8.42 Å². The van der Waals surface area contributed by atoms with Gasteiger partial charge in [-0.1, -0.05) is 60.7 Å². The average molecular weight is 796 g/mol. The van der Waals surface area contributed by atoms with Gasteiger partial charge in [-0.05, 0) is 96.1 Å². The zero-order valence-corrected chi connectivity index (χ0v) is 31.0. The monoisotopic (exact) mass is 795 g/mol. The molecule has 0 bridgehead atoms. The molecular formula is C45H33NO11S. The van der Waals surface area contributed by atoms with Gasteiger partial charge in [-0.3, -0.25) is 0 Å². The molecule has 13 heteroatoms. The van der Waals surface area contributed by atoms with Gasteiger partial charge < -0.3 is 40.7 Å². The Morgan fingerprint density at radius 1 is 0.483 bits per heavy atom. The molecule has 0 amide bonds. The number of fused-ring (bicyclic) bond motifs is 7. The third-order valence-electron chi connectivity index (χ3n) is 9.89. The Kier molecular flexibility index (Phi) is 9.19. The summed E-state index contributed by atoms with van der Waals surface area (Å²) in [4.78, 5) is 12.6. The van der Waals surface area contributed by atoms with E-state index in [9.17, 15) is 33.6 Å². The summed E-state index contributed by atoms with van der Waals surface area (Å²) in [6.07, 6.45) is 0. The minimum Gasteiger partial charge on any atom is -0.508 e. The van der Waals surface area contributed by atoms with Gasteiger partial charge in [0, 0.05) is 40.1 Å². The van der Waals surface area contributed by atoms with Crippen LogP contribution >= 0.6 is 0 Å². The molecule has 0 unspecified atom stereocenters. The van der Waals surface area contributed by atoms with Gasteiger partial charge in [-0.25, -0.2) is 8.98 Å². The standard InChI is InChI=1S/C20H12O5.C19H14O5S.C6H7NO/c21-11-5-7-15-17(9-11)24-18-10-12(22)6-8-16(18)20(15)14-4-2-1-3-13(14)19(23)25-20;20-15-9-5-13(6-10-15)19(14-7-11-16(21)12-8-14)17-3-1-2-4-18(17)25(22,23)24-19;7-5-1-3-6(8)4-2-5/h1-10,21-22H;1-12,20-21H;1-4,8H,7H2. The van der Waals surface area contributed by atoms with Crippen LogP contribution in [-0.2, 0) is 30.2 Å². The molecule has 7 aromatic rings. The molecule has 3 heterocycles. The van der Waals surface area contributed by atoms with Crippen molar-refractivity contribution in [2.24, 2.45) is 0 Å². The molecule has 3 aliphatic heterocycles. The van der Waals surface area contributed by atoms with E-state index in [1.54, 1.807) is 91.0 Å². The zero-order chi connectivity index (χ0) is 40.8. The van der Waals surface area contributed by atoms with Crippen LogP contribution in [0.15, 0.2) is 163 Å². The van der Waals surface area contributed by atoms with Crippen LogP contribution in [0.2, 0.25) is 0 Å². The first kappa shape index (κ1) is 37.4. The minimum absolute atomic E-state index is 0.0371. The van der Waals surface area contributed by atoms with Gasteiger partial charge >= 0.3 is 5.97 Å². The van der Waals surface area contributed by atoms with E-state index in [2.05, 4.69) is 0 Å². The number of nitrogen functional groups attached to an aromatic ring is 1. The maximum absolute atomic E-state index is 12.6. The van der Waals surface area contributed by atoms with Crippen molar-refractivity contribution in [3.8, 4) is 40.2 Å². The Morgan fingerprint density at radius 2 is 0.931 bits per heavy atom. The van der Waals surface area contributed by atoms with Crippen molar-refractivity contribution in [1.29, 1.82) is 0 Å². The summed E-state index contributed by atoms with van der Waals surface area (Å²) in [5, 5.41) is 47.6. The summed E-state index contributed by atoms with van der Waals surface area (Å²) in [6.45, 7) is 0. The van der Waals surface area contributed by atoms with Gasteiger partial charge in [0.05, 0.1) is 5.56 Å². The number of phenolic OH excluding ortho intramolecular Hbond substituents is 5. The van der Waals surface area contributed by atoms with Crippen LogP contribution < -0.4 is 10.5 Å². The van der Waals surface area contributed by atoms with E-state index in [0.29, 0.717) is 56.1 Å². The lowest BCUT2D eigenvalue weighted by Crippen LogP contribution is -2.32. The lowest BCUT2D eigenvalue weighted by Gasteiger charge is -2.36. The summed E-state index contributed by atoms with van der Waals surface area (Å²) in [5.41, 5.74) is 7.50. The first-order chi connectivity index (χ1) is 27.8. The lowest BCUT2D eigenvalue weighted by molar-refractivity contribution is 0.0224. The third-order valence-corrected chi connectivity index (χ3v) is 11.3. The van der Waals surface area contributed by atoms with E-state index >= 15 is 0 Å². The normalized spacial score (nSPS) is 15.4. The number of aromatic hydroxyl groups is 5. The lowest BCUT2D eigenvalue weighted by atomic mass is 9.77. The van der Waals surface area contributed by atoms with E-state index in [1.165, 1.54) is 54.6 Å². The number of benzene rings is 7. The number of esters is 1. The highest BCUT2D eigenvalue weighted by Gasteiger charge is 2.54. The number of carbonyl (C=O) groups excluding carboxylic acids is 1. The summed E-state index contributed by atoms with van der Waals surface area (Å²) >= 11 is 0. The van der Waals surface area contributed by atoms with Gasteiger partial charge in [0.1, 0.15) is 45.1 Å². The molecule has 0 atom stereocenters. The van der Waals surface area contributed by atoms with Crippen LogP contribution in [0, 0.1) is 0 Å². The third kappa shape index (κ3) is 6.33. The van der Waals surface area contributed by atoms with Crippen LogP contribution in [0.25, 0.3) is 0 Å². The van der Waals surface area contributed by atoms with Gasteiger partial charge in [0.15, 0.2) is 11.2 Å². The minimum atomic E-state index is -3.95. The molecule has 1 spiro atoms. The van der Waals surface area contributed by atoms with Gasteiger partial charge in [0.25, 0.3) is 10.1 Å². The predicted octanol–water partition coefficient (Wildman–Crippen LogP) is 7.75. The van der Waals surface area contributed by atoms with Crippen molar-refractivity contribution in [1.82, 2.24) is 0 Å². The number of phenols is 5. The molecular weight excluding hydrogens is 763 g/mol. The van der Waals surface area contributed by atoms with Crippen LogP contribution in [0.3, 0.4) is 0 Å². The van der Waals surface area contributed by atoms with Crippen molar-refractivity contribution in [3.05, 3.63) is 197 Å². The Labute approximate surface area is 332 Å². The van der Waals surface area contributed by atoms with Crippen LogP contribution in [0.1, 0.15) is 43.7 Å². The second kappa shape index (κ2) is 14.2. The molecule has 0 aliphatic carbocycles. The van der Waals surface area contributed by atoms with Gasteiger partial charge in [0.2, 0.25) is 0 Å². The summed E-state index contributed by atoms with van der Waals surface area (Å²) in [6, 6.07) is 42.0. The van der Waals surface area contributed by atoms with E-state index in [-0.39, 0.29) is 33.6 Å². The fraction of sp³-hybridized carbons (Fsp3) is 0.0444. The molecule has 0 saturated heterocycles. The summed E-state index contributed by atoms with van der Waals surface area (Å²) in [7, 11) is -3.95. The summed E-state index contributed by atoms with van der Waals surface area (Å²) < 4.78 is 42.7. The molecule has 0 fully saturated rings. The molecule has 10 rings (SSSR count). The van der Waals surface area contributed by atoms with Crippen molar-refractivity contribution in [2.45, 2.75) is 16.1 Å². The van der Waals surface area contributed by atoms with E-state index < -0.39 is 27.3 Å². The first-order valence-corrected chi connectivity index (χ1v) is 19.1. The fourth-order valence-corrected chi connectivity index (χ4v) is 8.75. The number of carbonyl (C=O) groups is 1. The molecule has 7 aromatic carbocycles. The maximum Gasteiger partial charge on any atom is 0.340 e. The number of rotatable bonds is 2. The number of ether oxygens (including phenoxy) is 2. The molecule has 12 nitrogen and oxygen atoms in total. The Balaban J connectivity index is 0.000000136. The van der Waals surface area contributed by atoms with E-state index in [0.717, 1.165) is 0 Å². The SMILES string of the molecule is Nc1ccc(O)cc1.O=C1OC2(c3ccc(O)cc3Oc3cc(O)ccc32)c2ccccc21.O=S1(=O)OC(c2ccc(O)cc2)(c2ccc(O)cc2)c2ccccc21. The number of nitrogens with two attached hydrogens (primary N) is 1. The number of hydrogen-bond acceptors (Lipinski definition) is 12. The van der Waals surface area contributed by atoms with Crippen molar-refractivity contribution in [2.75, 3.05) is 5.73 Å². The smallest absolute Gasteiger partial charge is 0.340 e. The molecule has 0 saturated carbocycles. The zero-order valence-electron chi connectivity index (χ0n) is 30.2. The highest BCUT2D eigenvalue weighted by Crippen LogP contribution is 2.57.